The van der Waals surface area contributed by atoms with Gasteiger partial charge in [-0.05, 0) is 48.5 Å². The monoisotopic (exact) mass is 525 g/mol. The highest BCUT2D eigenvalue weighted by Crippen LogP contribution is 2.28. The average Bonchev–Trinajstić information content (AvgIpc) is 3.56. The van der Waals surface area contributed by atoms with Gasteiger partial charge in [0.1, 0.15) is 28.6 Å². The fraction of sp³-hybridized carbons (Fsp3) is 0.138. The van der Waals surface area contributed by atoms with E-state index >= 15 is 4.39 Å². The summed E-state index contributed by atoms with van der Waals surface area (Å²) in [6, 6.07) is 20.3. The van der Waals surface area contributed by atoms with E-state index in [1.807, 2.05) is 18.2 Å². The SMILES string of the molecule is Nc1c(C(=O)n2ccc3cc(C(=O)N4CCOCC4)ccc32)cnn1-c1ccc(Oc2ccccc2)cc1F. The van der Waals surface area contributed by atoms with Crippen LogP contribution in [0.25, 0.3) is 16.6 Å². The summed E-state index contributed by atoms with van der Waals surface area (Å²) in [7, 11) is 0. The summed E-state index contributed by atoms with van der Waals surface area (Å²) in [6.45, 7) is 2.12. The molecule has 39 heavy (non-hydrogen) atoms. The van der Waals surface area contributed by atoms with E-state index in [4.69, 9.17) is 15.2 Å². The number of fused-ring (bicyclic) bond motifs is 1. The van der Waals surface area contributed by atoms with Crippen LogP contribution in [0.5, 0.6) is 11.5 Å². The summed E-state index contributed by atoms with van der Waals surface area (Å²) < 4.78 is 28.6. The van der Waals surface area contributed by atoms with Crippen molar-refractivity contribution < 1.29 is 23.5 Å². The van der Waals surface area contributed by atoms with Crippen LogP contribution in [-0.4, -0.2) is 57.4 Å². The van der Waals surface area contributed by atoms with E-state index in [9.17, 15) is 9.59 Å². The van der Waals surface area contributed by atoms with Gasteiger partial charge in [0.25, 0.3) is 11.8 Å². The van der Waals surface area contributed by atoms with Crippen molar-refractivity contribution >= 4 is 28.5 Å². The number of nitrogens with two attached hydrogens (primary N) is 1. The highest BCUT2D eigenvalue weighted by Gasteiger charge is 2.22. The predicted molar refractivity (Wildman–Crippen MR) is 143 cm³/mol. The standard InChI is InChI=1S/C29H24FN5O4/c30-24-17-22(39-21-4-2-1-3-5-21)7-9-26(24)35-27(31)23(18-32-35)29(37)34-11-10-19-16-20(6-8-25(19)34)28(36)33-12-14-38-15-13-33/h1-11,16-18H,12-15,31H2. The Hall–Kier alpha value is -4.96. The molecule has 2 N–H and O–H groups in total. The van der Waals surface area contributed by atoms with Gasteiger partial charge in [-0.3, -0.25) is 14.2 Å². The zero-order valence-corrected chi connectivity index (χ0v) is 20.8. The van der Waals surface area contributed by atoms with E-state index in [0.29, 0.717) is 48.9 Å². The van der Waals surface area contributed by atoms with E-state index < -0.39 is 11.7 Å². The highest BCUT2D eigenvalue weighted by atomic mass is 19.1. The second kappa shape index (κ2) is 10.1. The van der Waals surface area contributed by atoms with Gasteiger partial charge >= 0.3 is 0 Å². The summed E-state index contributed by atoms with van der Waals surface area (Å²) in [5, 5.41) is 4.91. The molecule has 1 amide bonds. The van der Waals surface area contributed by atoms with Crippen LogP contribution in [0.2, 0.25) is 0 Å². The Morgan fingerprint density at radius 1 is 0.923 bits per heavy atom. The third-order valence-corrected chi connectivity index (χ3v) is 6.62. The number of amides is 1. The number of ether oxygens (including phenoxy) is 2. The number of halogens is 1. The quantitative estimate of drug-likeness (QED) is 0.362. The molecular weight excluding hydrogens is 501 g/mol. The summed E-state index contributed by atoms with van der Waals surface area (Å²) >= 11 is 0. The van der Waals surface area contributed by atoms with E-state index in [1.54, 1.807) is 53.6 Å². The van der Waals surface area contributed by atoms with Gasteiger partial charge < -0.3 is 20.1 Å². The molecule has 1 aliphatic rings. The van der Waals surface area contributed by atoms with Gasteiger partial charge in [0, 0.05) is 36.3 Å². The van der Waals surface area contributed by atoms with Gasteiger partial charge in [-0.1, -0.05) is 18.2 Å². The van der Waals surface area contributed by atoms with Gasteiger partial charge in [0.15, 0.2) is 5.82 Å². The normalized spacial score (nSPS) is 13.5. The van der Waals surface area contributed by atoms with Crippen molar-refractivity contribution in [3.8, 4) is 17.2 Å². The number of nitrogens with zero attached hydrogens (tertiary/aromatic N) is 4. The summed E-state index contributed by atoms with van der Waals surface area (Å²) in [4.78, 5) is 28.0. The molecular formula is C29H24FN5O4. The van der Waals surface area contributed by atoms with Crippen LogP contribution < -0.4 is 10.5 Å². The number of anilines is 1. The molecule has 0 spiro atoms. The number of morpholine rings is 1. The third-order valence-electron chi connectivity index (χ3n) is 6.62. The second-order valence-corrected chi connectivity index (χ2v) is 9.05. The Bertz CT molecular complexity index is 1690. The third kappa shape index (κ3) is 4.62. The van der Waals surface area contributed by atoms with Crippen LogP contribution in [0.1, 0.15) is 20.7 Å². The Morgan fingerprint density at radius 2 is 1.72 bits per heavy atom. The van der Waals surface area contributed by atoms with Gasteiger partial charge in [-0.2, -0.15) is 5.10 Å². The number of hydrogen-bond donors (Lipinski definition) is 1. The maximum absolute atomic E-state index is 15.0. The van der Waals surface area contributed by atoms with Crippen LogP contribution in [0.3, 0.4) is 0 Å². The Labute approximate surface area is 222 Å². The minimum absolute atomic E-state index is 0.00315. The van der Waals surface area contributed by atoms with Crippen molar-refractivity contribution in [2.75, 3.05) is 32.0 Å². The van der Waals surface area contributed by atoms with Crippen LogP contribution in [-0.2, 0) is 4.74 Å². The zero-order chi connectivity index (χ0) is 26.9. The molecule has 3 aromatic carbocycles. The molecule has 10 heteroatoms. The van der Waals surface area contributed by atoms with E-state index in [0.717, 1.165) is 5.39 Å². The van der Waals surface area contributed by atoms with Crippen molar-refractivity contribution in [2.24, 2.45) is 0 Å². The van der Waals surface area contributed by atoms with Crippen LogP contribution >= 0.6 is 0 Å². The molecule has 9 nitrogen and oxygen atoms in total. The minimum Gasteiger partial charge on any atom is -0.457 e. The molecule has 5 aromatic rings. The predicted octanol–water partition coefficient (Wildman–Crippen LogP) is 4.50. The first-order valence-electron chi connectivity index (χ1n) is 12.4. The Balaban J connectivity index is 1.25. The smallest absolute Gasteiger partial charge is 0.267 e. The van der Waals surface area contributed by atoms with Gasteiger partial charge in [0.2, 0.25) is 0 Å². The van der Waals surface area contributed by atoms with E-state index in [1.165, 1.54) is 27.6 Å². The summed E-state index contributed by atoms with van der Waals surface area (Å²) in [6.07, 6.45) is 2.93. The topological polar surface area (TPSA) is 105 Å². The molecule has 0 aliphatic carbocycles. The van der Waals surface area contributed by atoms with Gasteiger partial charge in [-0.15, -0.1) is 0 Å². The lowest BCUT2D eigenvalue weighted by molar-refractivity contribution is 0.0303. The van der Waals surface area contributed by atoms with Crippen LogP contribution in [0.15, 0.2) is 85.2 Å². The number of carbonyl (C=O) groups excluding carboxylic acids is 2. The van der Waals surface area contributed by atoms with E-state index in [2.05, 4.69) is 5.10 Å². The molecule has 196 valence electrons. The molecule has 0 saturated carbocycles. The van der Waals surface area contributed by atoms with Crippen molar-refractivity contribution in [2.45, 2.75) is 0 Å². The minimum atomic E-state index is -0.610. The molecule has 0 bridgehead atoms. The summed E-state index contributed by atoms with van der Waals surface area (Å²) in [5.74, 6) is -0.224. The number of hydrogen-bond acceptors (Lipinski definition) is 6. The number of nitrogen functional groups attached to an aromatic ring is 1. The second-order valence-electron chi connectivity index (χ2n) is 9.05. The first-order valence-corrected chi connectivity index (χ1v) is 12.4. The Kier molecular flexibility index (Phi) is 6.29. The van der Waals surface area contributed by atoms with Gasteiger partial charge in [0.05, 0.1) is 24.9 Å². The number of aromatic nitrogens is 3. The molecule has 2 aromatic heterocycles. The zero-order valence-electron chi connectivity index (χ0n) is 20.8. The lowest BCUT2D eigenvalue weighted by Gasteiger charge is -2.26. The number of rotatable bonds is 5. The van der Waals surface area contributed by atoms with Crippen molar-refractivity contribution in [1.29, 1.82) is 0 Å². The summed E-state index contributed by atoms with van der Waals surface area (Å²) in [5.41, 5.74) is 7.62. The average molecular weight is 526 g/mol. The molecule has 1 fully saturated rings. The fourth-order valence-electron chi connectivity index (χ4n) is 4.59. The maximum Gasteiger partial charge on any atom is 0.267 e. The number of benzene rings is 3. The molecule has 0 unspecified atom stereocenters. The molecule has 6 rings (SSSR count). The highest BCUT2D eigenvalue weighted by molar-refractivity contribution is 6.06. The van der Waals surface area contributed by atoms with Gasteiger partial charge in [-0.25, -0.2) is 9.07 Å². The first kappa shape index (κ1) is 24.4. The Morgan fingerprint density at radius 3 is 2.49 bits per heavy atom. The molecule has 1 saturated heterocycles. The van der Waals surface area contributed by atoms with Crippen molar-refractivity contribution in [1.82, 2.24) is 19.2 Å². The lowest BCUT2D eigenvalue weighted by atomic mass is 10.1. The van der Waals surface area contributed by atoms with Crippen LogP contribution in [0.4, 0.5) is 10.2 Å². The van der Waals surface area contributed by atoms with Crippen molar-refractivity contribution in [3.05, 3.63) is 102 Å². The number of carbonyl (C=O) groups is 2. The first-order chi connectivity index (χ1) is 19.0. The molecule has 0 radical (unpaired) electrons. The molecule has 1 aliphatic heterocycles. The molecule has 0 atom stereocenters. The molecule has 3 heterocycles. The fourth-order valence-corrected chi connectivity index (χ4v) is 4.59. The largest absolute Gasteiger partial charge is 0.457 e. The van der Waals surface area contributed by atoms with Crippen LogP contribution in [0, 0.1) is 5.82 Å². The van der Waals surface area contributed by atoms with E-state index in [-0.39, 0.29) is 23.0 Å². The lowest BCUT2D eigenvalue weighted by Crippen LogP contribution is -2.40. The van der Waals surface area contributed by atoms with Crippen molar-refractivity contribution in [3.63, 3.8) is 0 Å². The maximum atomic E-state index is 15.0. The number of para-hydroxylation sites is 1.